The van der Waals surface area contributed by atoms with Crippen molar-refractivity contribution < 1.29 is 14.3 Å². The fourth-order valence-corrected chi connectivity index (χ4v) is 3.14. The number of para-hydroxylation sites is 1. The smallest absolute Gasteiger partial charge is 0.287 e. The molecule has 0 aliphatic carbocycles. The van der Waals surface area contributed by atoms with Gasteiger partial charge in [-0.25, -0.2) is 0 Å². The Balaban J connectivity index is 1.54. The summed E-state index contributed by atoms with van der Waals surface area (Å²) in [5.74, 6) is -0.624. The first-order valence-corrected chi connectivity index (χ1v) is 8.60. The molecule has 4 aromatic rings. The van der Waals surface area contributed by atoms with Crippen LogP contribution in [-0.2, 0) is 0 Å². The lowest BCUT2D eigenvalue weighted by atomic mass is 10.0. The standard InChI is InChI=1S/C22H17NO4/c24-18-12-21(27-20-11-4-3-9-17(18)20)22(26)23-13-19(25)16-10-5-7-14-6-1-2-8-15(14)16/h1-12,19,25H,13H2,(H,23,26). The van der Waals surface area contributed by atoms with Gasteiger partial charge in [0.25, 0.3) is 5.91 Å². The number of fused-ring (bicyclic) bond motifs is 2. The van der Waals surface area contributed by atoms with E-state index in [1.807, 2.05) is 42.5 Å². The van der Waals surface area contributed by atoms with Crippen LogP contribution in [0.15, 0.2) is 82.0 Å². The van der Waals surface area contributed by atoms with Gasteiger partial charge in [-0.05, 0) is 28.5 Å². The largest absolute Gasteiger partial charge is 0.451 e. The monoisotopic (exact) mass is 359 g/mol. The molecule has 0 radical (unpaired) electrons. The van der Waals surface area contributed by atoms with Crippen LogP contribution < -0.4 is 10.7 Å². The maximum Gasteiger partial charge on any atom is 0.287 e. The normalized spacial score (nSPS) is 12.2. The second kappa shape index (κ2) is 7.05. The minimum absolute atomic E-state index is 0.00335. The summed E-state index contributed by atoms with van der Waals surface area (Å²) < 4.78 is 5.52. The van der Waals surface area contributed by atoms with Crippen molar-refractivity contribution in [2.75, 3.05) is 6.54 Å². The molecule has 1 atom stereocenters. The van der Waals surface area contributed by atoms with Crippen LogP contribution in [0.4, 0.5) is 0 Å². The van der Waals surface area contributed by atoms with Crippen molar-refractivity contribution in [1.29, 1.82) is 0 Å². The Labute approximate surface area is 154 Å². The van der Waals surface area contributed by atoms with Crippen LogP contribution in [0, 0.1) is 0 Å². The number of aliphatic hydroxyl groups excluding tert-OH is 1. The number of benzene rings is 3. The van der Waals surface area contributed by atoms with Gasteiger partial charge in [0.2, 0.25) is 0 Å². The lowest BCUT2D eigenvalue weighted by Crippen LogP contribution is -2.29. The molecular weight excluding hydrogens is 342 g/mol. The molecule has 0 bridgehead atoms. The highest BCUT2D eigenvalue weighted by molar-refractivity contribution is 5.93. The molecule has 0 spiro atoms. The summed E-state index contributed by atoms with van der Waals surface area (Å²) in [5.41, 5.74) is 0.801. The van der Waals surface area contributed by atoms with Gasteiger partial charge in [0.1, 0.15) is 5.58 Å². The molecule has 1 unspecified atom stereocenters. The molecule has 5 heteroatoms. The second-order valence-electron chi connectivity index (χ2n) is 6.27. The molecule has 3 aromatic carbocycles. The molecule has 1 aromatic heterocycles. The molecule has 27 heavy (non-hydrogen) atoms. The third-order valence-corrected chi connectivity index (χ3v) is 4.50. The van der Waals surface area contributed by atoms with Crippen LogP contribution in [0.1, 0.15) is 22.2 Å². The highest BCUT2D eigenvalue weighted by Gasteiger charge is 2.16. The molecule has 0 saturated heterocycles. The first-order valence-electron chi connectivity index (χ1n) is 8.60. The minimum atomic E-state index is -0.882. The fraction of sp³-hybridized carbons (Fsp3) is 0.0909. The number of amides is 1. The van der Waals surface area contributed by atoms with Crippen LogP contribution in [0.2, 0.25) is 0 Å². The van der Waals surface area contributed by atoms with Crippen molar-refractivity contribution in [2.45, 2.75) is 6.10 Å². The fourth-order valence-electron chi connectivity index (χ4n) is 3.14. The molecule has 0 fully saturated rings. The van der Waals surface area contributed by atoms with E-state index in [0.717, 1.165) is 16.3 Å². The predicted molar refractivity (Wildman–Crippen MR) is 104 cm³/mol. The summed E-state index contributed by atoms with van der Waals surface area (Å²) in [6, 6.07) is 21.3. The maximum absolute atomic E-state index is 12.4. The quantitative estimate of drug-likeness (QED) is 0.585. The van der Waals surface area contributed by atoms with Crippen LogP contribution in [-0.4, -0.2) is 17.6 Å². The van der Waals surface area contributed by atoms with E-state index in [-0.39, 0.29) is 17.7 Å². The molecule has 134 valence electrons. The Morgan fingerprint density at radius 3 is 2.52 bits per heavy atom. The third-order valence-electron chi connectivity index (χ3n) is 4.50. The number of nitrogens with one attached hydrogen (secondary N) is 1. The van der Waals surface area contributed by atoms with Gasteiger partial charge in [-0.15, -0.1) is 0 Å². The van der Waals surface area contributed by atoms with E-state index in [1.165, 1.54) is 6.07 Å². The summed E-state index contributed by atoms with van der Waals surface area (Å²) in [6.45, 7) is 0.00335. The van der Waals surface area contributed by atoms with E-state index < -0.39 is 12.0 Å². The molecule has 4 rings (SSSR count). The van der Waals surface area contributed by atoms with E-state index in [1.54, 1.807) is 24.3 Å². The number of hydrogen-bond donors (Lipinski definition) is 2. The van der Waals surface area contributed by atoms with Gasteiger partial charge in [-0.2, -0.15) is 0 Å². The van der Waals surface area contributed by atoms with E-state index in [0.29, 0.717) is 11.0 Å². The molecule has 0 aliphatic heterocycles. The van der Waals surface area contributed by atoms with E-state index in [9.17, 15) is 14.7 Å². The molecule has 0 saturated carbocycles. The highest BCUT2D eigenvalue weighted by atomic mass is 16.3. The van der Waals surface area contributed by atoms with Crippen LogP contribution in [0.25, 0.3) is 21.7 Å². The molecule has 2 N–H and O–H groups in total. The van der Waals surface area contributed by atoms with Gasteiger partial charge >= 0.3 is 0 Å². The maximum atomic E-state index is 12.4. The molecule has 1 amide bonds. The summed E-state index contributed by atoms with van der Waals surface area (Å²) in [5, 5.41) is 15.5. The van der Waals surface area contributed by atoms with Crippen LogP contribution in [0.3, 0.4) is 0 Å². The van der Waals surface area contributed by atoms with E-state index in [4.69, 9.17) is 4.42 Å². The van der Waals surface area contributed by atoms with Crippen molar-refractivity contribution in [2.24, 2.45) is 0 Å². The molecule has 0 aliphatic rings. The van der Waals surface area contributed by atoms with Gasteiger partial charge in [-0.1, -0.05) is 54.6 Å². The van der Waals surface area contributed by atoms with E-state index in [2.05, 4.69) is 5.32 Å². The van der Waals surface area contributed by atoms with Gasteiger partial charge in [0.05, 0.1) is 11.5 Å². The number of rotatable bonds is 4. The second-order valence-corrected chi connectivity index (χ2v) is 6.27. The number of hydrogen-bond acceptors (Lipinski definition) is 4. The topological polar surface area (TPSA) is 79.5 Å². The SMILES string of the molecule is O=C(NCC(O)c1cccc2ccccc12)c1cc(=O)c2ccccc2o1. The number of carbonyl (C=O) groups excluding carboxylic acids is 1. The summed E-state index contributed by atoms with van der Waals surface area (Å²) in [4.78, 5) is 24.5. The predicted octanol–water partition coefficient (Wildman–Crippen LogP) is 3.41. The van der Waals surface area contributed by atoms with Crippen molar-refractivity contribution in [3.05, 3.63) is 94.3 Å². The Kier molecular flexibility index (Phi) is 4.44. The summed E-state index contributed by atoms with van der Waals surface area (Å²) >= 11 is 0. The lowest BCUT2D eigenvalue weighted by molar-refractivity contribution is 0.0890. The molecular formula is C22H17NO4. The first-order chi connectivity index (χ1) is 13.1. The third kappa shape index (κ3) is 3.32. The molecule has 1 heterocycles. The van der Waals surface area contributed by atoms with Gasteiger partial charge in [0, 0.05) is 12.6 Å². The minimum Gasteiger partial charge on any atom is -0.451 e. The number of carbonyl (C=O) groups is 1. The van der Waals surface area contributed by atoms with E-state index >= 15 is 0 Å². The zero-order chi connectivity index (χ0) is 18.8. The van der Waals surface area contributed by atoms with Crippen molar-refractivity contribution >= 4 is 27.6 Å². The Bertz CT molecular complexity index is 1190. The van der Waals surface area contributed by atoms with Gasteiger partial charge < -0.3 is 14.8 Å². The molecule has 5 nitrogen and oxygen atoms in total. The summed E-state index contributed by atoms with van der Waals surface area (Å²) in [6.07, 6.45) is -0.882. The Morgan fingerprint density at radius 2 is 1.67 bits per heavy atom. The zero-order valence-corrected chi connectivity index (χ0v) is 14.4. The van der Waals surface area contributed by atoms with Crippen molar-refractivity contribution in [1.82, 2.24) is 5.32 Å². The van der Waals surface area contributed by atoms with Gasteiger partial charge in [0.15, 0.2) is 11.2 Å². The highest BCUT2D eigenvalue weighted by Crippen LogP contribution is 2.24. The van der Waals surface area contributed by atoms with Crippen molar-refractivity contribution in [3.63, 3.8) is 0 Å². The van der Waals surface area contributed by atoms with Gasteiger partial charge in [-0.3, -0.25) is 9.59 Å². The average Bonchev–Trinajstić information content (AvgIpc) is 2.71. The first kappa shape index (κ1) is 17.0. The Hall–Kier alpha value is -3.44. The average molecular weight is 359 g/mol. The van der Waals surface area contributed by atoms with Crippen LogP contribution >= 0.6 is 0 Å². The van der Waals surface area contributed by atoms with Crippen molar-refractivity contribution in [3.8, 4) is 0 Å². The number of aliphatic hydroxyl groups is 1. The lowest BCUT2D eigenvalue weighted by Gasteiger charge is -2.14. The summed E-state index contributed by atoms with van der Waals surface area (Å²) in [7, 11) is 0. The Morgan fingerprint density at radius 1 is 0.963 bits per heavy atom. The van der Waals surface area contributed by atoms with Crippen LogP contribution in [0.5, 0.6) is 0 Å². The zero-order valence-electron chi connectivity index (χ0n) is 14.4.